The number of nitrogens with one attached hydrogen (secondary N) is 1. The van der Waals surface area contributed by atoms with Gasteiger partial charge in [0.1, 0.15) is 0 Å². The number of hydrogen-bond donors (Lipinski definition) is 2. The van der Waals surface area contributed by atoms with Crippen molar-refractivity contribution in [3.63, 3.8) is 0 Å². The van der Waals surface area contributed by atoms with E-state index in [-0.39, 0.29) is 6.10 Å². The zero-order valence-electron chi connectivity index (χ0n) is 8.46. The summed E-state index contributed by atoms with van der Waals surface area (Å²) in [5.74, 6) is 0.643. The van der Waals surface area contributed by atoms with Gasteiger partial charge in [-0.25, -0.2) is 0 Å². The average Bonchev–Trinajstić information content (AvgIpc) is 2.16. The third-order valence-electron chi connectivity index (χ3n) is 2.52. The first-order valence-corrected chi connectivity index (χ1v) is 5.29. The Morgan fingerprint density at radius 2 is 2.46 bits per heavy atom. The van der Waals surface area contributed by atoms with E-state index in [1.165, 1.54) is 12.8 Å². The molecular weight excluding hydrogens is 166 g/mol. The van der Waals surface area contributed by atoms with E-state index < -0.39 is 0 Å². The lowest BCUT2D eigenvalue weighted by Crippen LogP contribution is -2.32. The number of ether oxygens (including phenoxy) is 1. The lowest BCUT2D eigenvalue weighted by atomic mass is 9.94. The van der Waals surface area contributed by atoms with E-state index in [1.807, 2.05) is 6.92 Å². The van der Waals surface area contributed by atoms with Crippen LogP contribution in [-0.2, 0) is 4.74 Å². The minimum atomic E-state index is -0.273. The Kier molecular flexibility index (Phi) is 5.35. The number of hydrogen-bond acceptors (Lipinski definition) is 3. The monoisotopic (exact) mass is 187 g/mol. The molecule has 3 heteroatoms. The quantitative estimate of drug-likeness (QED) is 0.668. The average molecular weight is 187 g/mol. The summed E-state index contributed by atoms with van der Waals surface area (Å²) in [7, 11) is 0. The number of aliphatic hydroxyl groups is 1. The zero-order chi connectivity index (χ0) is 9.52. The molecule has 2 atom stereocenters. The van der Waals surface area contributed by atoms with Crippen LogP contribution in [0.25, 0.3) is 0 Å². The van der Waals surface area contributed by atoms with Crippen LogP contribution in [0.3, 0.4) is 0 Å². The third kappa shape index (κ3) is 4.60. The maximum Gasteiger partial charge on any atom is 0.0776 e. The first kappa shape index (κ1) is 11.0. The van der Waals surface area contributed by atoms with E-state index in [1.54, 1.807) is 0 Å². The van der Waals surface area contributed by atoms with Gasteiger partial charge in [0.05, 0.1) is 12.7 Å². The van der Waals surface area contributed by atoms with E-state index >= 15 is 0 Å². The Labute approximate surface area is 80.5 Å². The fraction of sp³-hybridized carbons (Fsp3) is 1.00. The van der Waals surface area contributed by atoms with Crippen LogP contribution in [0.4, 0.5) is 0 Å². The highest BCUT2D eigenvalue weighted by molar-refractivity contribution is 4.72. The summed E-state index contributed by atoms with van der Waals surface area (Å²) in [5, 5.41) is 12.9. The van der Waals surface area contributed by atoms with Crippen molar-refractivity contribution < 1.29 is 9.84 Å². The van der Waals surface area contributed by atoms with Gasteiger partial charge in [-0.05, 0) is 45.2 Å². The van der Waals surface area contributed by atoms with Crippen molar-refractivity contribution in [3.8, 4) is 0 Å². The van der Waals surface area contributed by atoms with Crippen LogP contribution in [0.2, 0.25) is 0 Å². The molecular formula is C10H21NO2. The molecule has 0 spiro atoms. The molecule has 1 fully saturated rings. The summed E-state index contributed by atoms with van der Waals surface area (Å²) in [5.41, 5.74) is 0. The van der Waals surface area contributed by atoms with Crippen molar-refractivity contribution in [2.45, 2.75) is 32.3 Å². The maximum absolute atomic E-state index is 9.58. The van der Waals surface area contributed by atoms with Gasteiger partial charge in [0.25, 0.3) is 0 Å². The van der Waals surface area contributed by atoms with Crippen LogP contribution in [0.1, 0.15) is 26.2 Å². The molecule has 1 saturated heterocycles. The van der Waals surface area contributed by atoms with Gasteiger partial charge in [-0.3, -0.25) is 0 Å². The van der Waals surface area contributed by atoms with Gasteiger partial charge in [0, 0.05) is 6.61 Å². The molecule has 2 unspecified atom stereocenters. The topological polar surface area (TPSA) is 41.5 Å². The van der Waals surface area contributed by atoms with Crippen LogP contribution in [0.15, 0.2) is 0 Å². The molecule has 78 valence electrons. The van der Waals surface area contributed by atoms with Crippen molar-refractivity contribution >= 4 is 0 Å². The Morgan fingerprint density at radius 1 is 1.62 bits per heavy atom. The second kappa shape index (κ2) is 6.35. The molecule has 3 nitrogen and oxygen atoms in total. The van der Waals surface area contributed by atoms with Gasteiger partial charge in [0.2, 0.25) is 0 Å². The van der Waals surface area contributed by atoms with Crippen molar-refractivity contribution in [1.29, 1.82) is 0 Å². The molecule has 0 aliphatic carbocycles. The van der Waals surface area contributed by atoms with E-state index in [0.29, 0.717) is 19.1 Å². The largest absolute Gasteiger partial charge is 0.391 e. The van der Waals surface area contributed by atoms with Crippen LogP contribution in [0.5, 0.6) is 0 Å². The fourth-order valence-corrected chi connectivity index (χ4v) is 1.83. The molecule has 1 rings (SSSR count). The van der Waals surface area contributed by atoms with Gasteiger partial charge in [-0.2, -0.15) is 0 Å². The molecule has 0 amide bonds. The van der Waals surface area contributed by atoms with Crippen LogP contribution in [-0.4, -0.2) is 37.5 Å². The summed E-state index contributed by atoms with van der Waals surface area (Å²) < 4.78 is 5.17. The molecule has 0 aromatic heterocycles. The normalized spacial score (nSPS) is 25.8. The minimum Gasteiger partial charge on any atom is -0.391 e. The van der Waals surface area contributed by atoms with E-state index in [0.717, 1.165) is 19.5 Å². The molecule has 1 aliphatic heterocycles. The fourth-order valence-electron chi connectivity index (χ4n) is 1.83. The Balaban J connectivity index is 2.07. The van der Waals surface area contributed by atoms with Crippen LogP contribution in [0, 0.1) is 5.92 Å². The predicted molar refractivity (Wildman–Crippen MR) is 52.7 cm³/mol. The Morgan fingerprint density at radius 3 is 3.08 bits per heavy atom. The number of piperidine rings is 1. The van der Waals surface area contributed by atoms with Crippen molar-refractivity contribution in [2.24, 2.45) is 5.92 Å². The van der Waals surface area contributed by atoms with Gasteiger partial charge in [-0.15, -0.1) is 0 Å². The molecule has 1 heterocycles. The van der Waals surface area contributed by atoms with Crippen molar-refractivity contribution in [1.82, 2.24) is 5.32 Å². The molecule has 0 saturated carbocycles. The summed E-state index contributed by atoms with van der Waals surface area (Å²) in [6, 6.07) is 0. The summed E-state index contributed by atoms with van der Waals surface area (Å²) in [4.78, 5) is 0. The summed E-state index contributed by atoms with van der Waals surface area (Å²) >= 11 is 0. The molecule has 0 bridgehead atoms. The number of aliphatic hydroxyl groups excluding tert-OH is 1. The molecule has 0 radical (unpaired) electrons. The highest BCUT2D eigenvalue weighted by atomic mass is 16.5. The third-order valence-corrected chi connectivity index (χ3v) is 2.52. The SMILES string of the molecule is CCOCC(O)CC1CCCNC1. The van der Waals surface area contributed by atoms with Crippen molar-refractivity contribution in [3.05, 3.63) is 0 Å². The van der Waals surface area contributed by atoms with Gasteiger partial charge < -0.3 is 15.2 Å². The van der Waals surface area contributed by atoms with Gasteiger partial charge >= 0.3 is 0 Å². The molecule has 1 aliphatic rings. The van der Waals surface area contributed by atoms with E-state index in [4.69, 9.17) is 4.74 Å². The first-order valence-electron chi connectivity index (χ1n) is 5.29. The lowest BCUT2D eigenvalue weighted by Gasteiger charge is -2.24. The minimum absolute atomic E-state index is 0.273. The Hall–Kier alpha value is -0.120. The molecule has 0 aromatic carbocycles. The molecule has 2 N–H and O–H groups in total. The highest BCUT2D eigenvalue weighted by Crippen LogP contribution is 2.15. The molecule has 13 heavy (non-hydrogen) atoms. The zero-order valence-corrected chi connectivity index (χ0v) is 8.46. The predicted octanol–water partition coefficient (Wildman–Crippen LogP) is 0.773. The van der Waals surface area contributed by atoms with E-state index in [9.17, 15) is 5.11 Å². The maximum atomic E-state index is 9.58. The van der Waals surface area contributed by atoms with Crippen molar-refractivity contribution in [2.75, 3.05) is 26.3 Å². The Bertz CT molecular complexity index is 124. The standard InChI is InChI=1S/C10H21NO2/c1-2-13-8-10(12)6-9-4-3-5-11-7-9/h9-12H,2-8H2,1H3. The molecule has 0 aromatic rings. The lowest BCUT2D eigenvalue weighted by molar-refractivity contribution is 0.0270. The van der Waals surface area contributed by atoms with E-state index in [2.05, 4.69) is 5.32 Å². The first-order chi connectivity index (χ1) is 6.33. The number of rotatable bonds is 5. The summed E-state index contributed by atoms with van der Waals surface area (Å²) in [6.45, 7) is 5.34. The van der Waals surface area contributed by atoms with Crippen LogP contribution >= 0.6 is 0 Å². The smallest absolute Gasteiger partial charge is 0.0776 e. The van der Waals surface area contributed by atoms with Crippen LogP contribution < -0.4 is 5.32 Å². The second-order valence-corrected chi connectivity index (χ2v) is 3.76. The summed E-state index contributed by atoms with van der Waals surface area (Å²) in [6.07, 6.45) is 3.10. The van der Waals surface area contributed by atoms with Gasteiger partial charge in [0.15, 0.2) is 0 Å². The second-order valence-electron chi connectivity index (χ2n) is 3.76. The van der Waals surface area contributed by atoms with Gasteiger partial charge in [-0.1, -0.05) is 0 Å². The highest BCUT2D eigenvalue weighted by Gasteiger charge is 2.16.